The minimum Gasteiger partial charge on any atom is -0.383 e. The van der Waals surface area contributed by atoms with Crippen LogP contribution < -0.4 is 5.32 Å². The van der Waals surface area contributed by atoms with E-state index in [-0.39, 0.29) is 5.91 Å². The van der Waals surface area contributed by atoms with Gasteiger partial charge >= 0.3 is 0 Å². The van der Waals surface area contributed by atoms with Crippen molar-refractivity contribution in [1.29, 1.82) is 0 Å². The van der Waals surface area contributed by atoms with Crippen molar-refractivity contribution in [2.75, 3.05) is 20.3 Å². The van der Waals surface area contributed by atoms with Crippen LogP contribution in [0.3, 0.4) is 0 Å². The zero-order chi connectivity index (χ0) is 11.3. The van der Waals surface area contributed by atoms with Gasteiger partial charge in [0.15, 0.2) is 0 Å². The molecule has 0 aliphatic carbocycles. The predicted octanol–water partition coefficient (Wildman–Crippen LogP) is 2.48. The van der Waals surface area contributed by atoms with Crippen LogP contribution in [0.2, 0.25) is 5.02 Å². The van der Waals surface area contributed by atoms with Gasteiger partial charge in [-0.05, 0) is 34.1 Å². The van der Waals surface area contributed by atoms with Gasteiger partial charge < -0.3 is 10.1 Å². The average molecular weight is 293 g/mol. The molecule has 1 aromatic carbocycles. The van der Waals surface area contributed by atoms with Crippen LogP contribution >= 0.6 is 27.5 Å². The number of hydrogen-bond donors (Lipinski definition) is 1. The standard InChI is InChI=1S/C10H11BrClNO2/c1-15-5-4-13-10(14)8-3-2-7(12)6-9(8)11/h2-3,6H,4-5H2,1H3,(H,13,14). The van der Waals surface area contributed by atoms with E-state index in [0.29, 0.717) is 28.2 Å². The van der Waals surface area contributed by atoms with E-state index < -0.39 is 0 Å². The fourth-order valence-electron chi connectivity index (χ4n) is 1.04. The Labute approximate surface area is 102 Å². The van der Waals surface area contributed by atoms with Crippen LogP contribution in [0.5, 0.6) is 0 Å². The van der Waals surface area contributed by atoms with Gasteiger partial charge in [-0.25, -0.2) is 0 Å². The van der Waals surface area contributed by atoms with Crippen LogP contribution in [0.15, 0.2) is 22.7 Å². The van der Waals surface area contributed by atoms with Crippen LogP contribution in [-0.2, 0) is 4.74 Å². The summed E-state index contributed by atoms with van der Waals surface area (Å²) in [5.41, 5.74) is 0.565. The molecule has 1 aromatic rings. The van der Waals surface area contributed by atoms with Crippen LogP contribution in [0.1, 0.15) is 10.4 Å². The molecule has 0 spiro atoms. The summed E-state index contributed by atoms with van der Waals surface area (Å²) in [5, 5.41) is 3.32. The Balaban J connectivity index is 2.65. The molecule has 82 valence electrons. The van der Waals surface area contributed by atoms with Gasteiger partial charge in [0.05, 0.1) is 12.2 Å². The van der Waals surface area contributed by atoms with Crippen molar-refractivity contribution >= 4 is 33.4 Å². The molecule has 0 fully saturated rings. The number of methoxy groups -OCH3 is 1. The molecule has 0 aliphatic heterocycles. The summed E-state index contributed by atoms with van der Waals surface area (Å²) in [4.78, 5) is 11.6. The van der Waals surface area contributed by atoms with Gasteiger partial charge in [0.2, 0.25) is 0 Å². The monoisotopic (exact) mass is 291 g/mol. The Morgan fingerprint density at radius 1 is 1.60 bits per heavy atom. The topological polar surface area (TPSA) is 38.3 Å². The number of carbonyl (C=O) groups excluding carboxylic acids is 1. The van der Waals surface area contributed by atoms with Crippen molar-refractivity contribution in [3.63, 3.8) is 0 Å². The molecule has 0 aromatic heterocycles. The summed E-state index contributed by atoms with van der Waals surface area (Å²) in [6.07, 6.45) is 0. The average Bonchev–Trinajstić information content (AvgIpc) is 2.17. The molecule has 1 amide bonds. The highest BCUT2D eigenvalue weighted by Gasteiger charge is 2.09. The van der Waals surface area contributed by atoms with Crippen molar-refractivity contribution < 1.29 is 9.53 Å². The van der Waals surface area contributed by atoms with Crippen LogP contribution in [0, 0.1) is 0 Å². The molecule has 0 heterocycles. The molecule has 1 rings (SSSR count). The van der Waals surface area contributed by atoms with Crippen molar-refractivity contribution in [2.45, 2.75) is 0 Å². The van der Waals surface area contributed by atoms with E-state index in [9.17, 15) is 4.79 Å². The molecule has 0 saturated heterocycles. The van der Waals surface area contributed by atoms with E-state index in [1.807, 2.05) is 0 Å². The lowest BCUT2D eigenvalue weighted by atomic mass is 10.2. The van der Waals surface area contributed by atoms with Crippen molar-refractivity contribution in [3.05, 3.63) is 33.3 Å². The molecule has 0 unspecified atom stereocenters. The number of carbonyl (C=O) groups is 1. The van der Waals surface area contributed by atoms with Gasteiger partial charge in [-0.1, -0.05) is 11.6 Å². The molecule has 5 heteroatoms. The minimum absolute atomic E-state index is 0.143. The third-order valence-corrected chi connectivity index (χ3v) is 2.66. The van der Waals surface area contributed by atoms with Crippen LogP contribution in [0.25, 0.3) is 0 Å². The lowest BCUT2D eigenvalue weighted by molar-refractivity contribution is 0.0936. The quantitative estimate of drug-likeness (QED) is 0.866. The van der Waals surface area contributed by atoms with E-state index in [2.05, 4.69) is 21.2 Å². The molecule has 1 N–H and O–H groups in total. The number of hydrogen-bond acceptors (Lipinski definition) is 2. The molecule has 0 radical (unpaired) electrons. The third kappa shape index (κ3) is 3.81. The number of rotatable bonds is 4. The zero-order valence-electron chi connectivity index (χ0n) is 8.22. The first-order chi connectivity index (χ1) is 7.15. The maximum absolute atomic E-state index is 11.6. The maximum Gasteiger partial charge on any atom is 0.252 e. The van der Waals surface area contributed by atoms with Gasteiger partial charge in [-0.15, -0.1) is 0 Å². The largest absolute Gasteiger partial charge is 0.383 e. The Bertz CT molecular complexity index is 357. The lowest BCUT2D eigenvalue weighted by Gasteiger charge is -2.06. The number of nitrogens with one attached hydrogen (secondary N) is 1. The summed E-state index contributed by atoms with van der Waals surface area (Å²) in [7, 11) is 1.59. The van der Waals surface area contributed by atoms with Gasteiger partial charge in [-0.2, -0.15) is 0 Å². The van der Waals surface area contributed by atoms with E-state index in [1.165, 1.54) is 0 Å². The van der Waals surface area contributed by atoms with E-state index in [1.54, 1.807) is 25.3 Å². The van der Waals surface area contributed by atoms with E-state index in [4.69, 9.17) is 16.3 Å². The second-order valence-corrected chi connectivity index (χ2v) is 4.16. The Kier molecular flexibility index (Phi) is 5.08. The summed E-state index contributed by atoms with van der Waals surface area (Å²) < 4.78 is 5.52. The predicted molar refractivity (Wildman–Crippen MR) is 63.4 cm³/mol. The second-order valence-electron chi connectivity index (χ2n) is 2.87. The number of amides is 1. The molecular formula is C10H11BrClNO2. The van der Waals surface area contributed by atoms with Crippen molar-refractivity contribution in [1.82, 2.24) is 5.32 Å². The third-order valence-electron chi connectivity index (χ3n) is 1.77. The maximum atomic E-state index is 11.6. The van der Waals surface area contributed by atoms with Crippen LogP contribution in [-0.4, -0.2) is 26.2 Å². The van der Waals surface area contributed by atoms with Crippen molar-refractivity contribution in [3.8, 4) is 0 Å². The second kappa shape index (κ2) is 6.10. The Morgan fingerprint density at radius 3 is 2.93 bits per heavy atom. The SMILES string of the molecule is COCCNC(=O)c1ccc(Cl)cc1Br. The minimum atomic E-state index is -0.143. The summed E-state index contributed by atoms with van der Waals surface area (Å²) in [6.45, 7) is 0.987. The summed E-state index contributed by atoms with van der Waals surface area (Å²) in [6, 6.07) is 5.04. The molecule has 0 saturated carbocycles. The highest BCUT2D eigenvalue weighted by Crippen LogP contribution is 2.21. The molecule has 0 bridgehead atoms. The van der Waals surface area contributed by atoms with Crippen molar-refractivity contribution in [2.24, 2.45) is 0 Å². The molecule has 3 nitrogen and oxygen atoms in total. The normalized spacial score (nSPS) is 10.1. The highest BCUT2D eigenvalue weighted by atomic mass is 79.9. The molecule has 0 aliphatic rings. The fraction of sp³-hybridized carbons (Fsp3) is 0.300. The molecule has 0 atom stereocenters. The van der Waals surface area contributed by atoms with Gasteiger partial charge in [0, 0.05) is 23.1 Å². The van der Waals surface area contributed by atoms with E-state index >= 15 is 0 Å². The lowest BCUT2D eigenvalue weighted by Crippen LogP contribution is -2.27. The Morgan fingerprint density at radius 2 is 2.33 bits per heavy atom. The fourth-order valence-corrected chi connectivity index (χ4v) is 1.90. The first kappa shape index (κ1) is 12.5. The Hall–Kier alpha value is -0.580. The molecular weight excluding hydrogens is 281 g/mol. The number of halogens is 2. The zero-order valence-corrected chi connectivity index (χ0v) is 10.6. The smallest absolute Gasteiger partial charge is 0.252 e. The van der Waals surface area contributed by atoms with Gasteiger partial charge in [-0.3, -0.25) is 4.79 Å². The highest BCUT2D eigenvalue weighted by molar-refractivity contribution is 9.10. The molecule has 15 heavy (non-hydrogen) atoms. The summed E-state index contributed by atoms with van der Waals surface area (Å²) in [5.74, 6) is -0.143. The van der Waals surface area contributed by atoms with E-state index in [0.717, 1.165) is 0 Å². The van der Waals surface area contributed by atoms with Crippen LogP contribution in [0.4, 0.5) is 0 Å². The first-order valence-corrected chi connectivity index (χ1v) is 5.54. The number of benzene rings is 1. The van der Waals surface area contributed by atoms with Gasteiger partial charge in [0.1, 0.15) is 0 Å². The summed E-state index contributed by atoms with van der Waals surface area (Å²) >= 11 is 9.05. The first-order valence-electron chi connectivity index (χ1n) is 4.37. The number of ether oxygens (including phenoxy) is 1. The van der Waals surface area contributed by atoms with Gasteiger partial charge in [0.25, 0.3) is 5.91 Å².